The summed E-state index contributed by atoms with van der Waals surface area (Å²) in [4.78, 5) is 4.44. The van der Waals surface area contributed by atoms with Gasteiger partial charge in [-0.1, -0.05) is 37.3 Å². The van der Waals surface area contributed by atoms with E-state index < -0.39 is 0 Å². The number of benzene rings is 2. The highest BCUT2D eigenvalue weighted by Gasteiger charge is 2.00. The molecule has 22 heavy (non-hydrogen) atoms. The molecule has 0 saturated carbocycles. The van der Waals surface area contributed by atoms with Crippen molar-refractivity contribution in [3.05, 3.63) is 64.7 Å². The number of anilines is 1. The van der Waals surface area contributed by atoms with E-state index in [1.54, 1.807) is 0 Å². The molecule has 0 atom stereocenters. The molecule has 0 fully saturated rings. The zero-order chi connectivity index (χ0) is 15.2. The number of nitrogens with two attached hydrogens (primary N) is 1. The normalized spacial score (nSPS) is 11.0. The lowest BCUT2D eigenvalue weighted by Gasteiger charge is -2.09. The van der Waals surface area contributed by atoms with Gasteiger partial charge in [-0.2, -0.15) is 0 Å². The van der Waals surface area contributed by atoms with Crippen molar-refractivity contribution in [3.8, 4) is 0 Å². The minimum atomic E-state index is 0. The summed E-state index contributed by atoms with van der Waals surface area (Å²) < 4.78 is 0. The molecule has 0 heterocycles. The van der Waals surface area contributed by atoms with E-state index in [-0.39, 0.29) is 24.0 Å². The number of halogens is 1. The Hall–Kier alpha value is -1.56. The van der Waals surface area contributed by atoms with Crippen LogP contribution in [-0.2, 0) is 13.0 Å². The predicted octanol–water partition coefficient (Wildman–Crippen LogP) is 4.41. The molecule has 2 aromatic carbocycles. The molecule has 0 radical (unpaired) electrons. The Balaban J connectivity index is 0.00000242. The highest BCUT2D eigenvalue weighted by molar-refractivity contribution is 14.0. The molecule has 4 heteroatoms. The van der Waals surface area contributed by atoms with Crippen molar-refractivity contribution in [2.75, 3.05) is 5.32 Å². The van der Waals surface area contributed by atoms with Gasteiger partial charge in [0.1, 0.15) is 0 Å². The Bertz CT molecular complexity index is 630. The molecule has 0 unspecified atom stereocenters. The van der Waals surface area contributed by atoms with Crippen molar-refractivity contribution >= 4 is 35.6 Å². The van der Waals surface area contributed by atoms with Gasteiger partial charge >= 0.3 is 0 Å². The van der Waals surface area contributed by atoms with Crippen LogP contribution < -0.4 is 11.1 Å². The summed E-state index contributed by atoms with van der Waals surface area (Å²) in [6.07, 6.45) is 1.01. The van der Waals surface area contributed by atoms with E-state index in [0.29, 0.717) is 12.5 Å². The third-order valence-corrected chi connectivity index (χ3v) is 3.41. The molecule has 2 aromatic rings. The van der Waals surface area contributed by atoms with Gasteiger partial charge in [0.15, 0.2) is 5.96 Å². The van der Waals surface area contributed by atoms with Crippen LogP contribution in [0.1, 0.15) is 29.2 Å². The summed E-state index contributed by atoms with van der Waals surface area (Å²) >= 11 is 0. The molecule has 118 valence electrons. The number of nitrogens with one attached hydrogen (secondary N) is 1. The molecule has 0 aliphatic carbocycles. The molecule has 0 spiro atoms. The van der Waals surface area contributed by atoms with Gasteiger partial charge in [0.2, 0.25) is 0 Å². The molecular weight excluding hydrogens is 385 g/mol. The van der Waals surface area contributed by atoms with Crippen LogP contribution in [0.5, 0.6) is 0 Å². The van der Waals surface area contributed by atoms with Gasteiger partial charge in [-0.25, -0.2) is 4.99 Å². The number of aliphatic imine (C=N–C) groups is 1. The second-order valence-electron chi connectivity index (χ2n) is 5.33. The molecule has 0 amide bonds. The average Bonchev–Trinajstić information content (AvgIpc) is 2.44. The first kappa shape index (κ1) is 18.5. The van der Waals surface area contributed by atoms with Crippen molar-refractivity contribution < 1.29 is 0 Å². The summed E-state index contributed by atoms with van der Waals surface area (Å²) in [6.45, 7) is 6.90. The van der Waals surface area contributed by atoms with Crippen LogP contribution in [0, 0.1) is 13.8 Å². The molecule has 0 aliphatic heterocycles. The van der Waals surface area contributed by atoms with E-state index in [1.807, 2.05) is 6.07 Å². The maximum Gasteiger partial charge on any atom is 0.193 e. The second-order valence-corrected chi connectivity index (χ2v) is 5.33. The average molecular weight is 409 g/mol. The zero-order valence-corrected chi connectivity index (χ0v) is 15.7. The standard InChI is InChI=1S/C18H23N3.HI/c1-4-15-7-5-6-8-16(15)12-20-18(19)21-17-10-13(2)9-14(3)11-17;/h5-11H,4,12H2,1-3H3,(H3,19,20,21);1H. The van der Waals surface area contributed by atoms with Crippen molar-refractivity contribution in [3.63, 3.8) is 0 Å². The van der Waals surface area contributed by atoms with Crippen LogP contribution in [0.2, 0.25) is 0 Å². The van der Waals surface area contributed by atoms with Crippen LogP contribution in [-0.4, -0.2) is 5.96 Å². The van der Waals surface area contributed by atoms with E-state index >= 15 is 0 Å². The van der Waals surface area contributed by atoms with Crippen LogP contribution >= 0.6 is 24.0 Å². The van der Waals surface area contributed by atoms with Crippen LogP contribution in [0.15, 0.2) is 47.5 Å². The third kappa shape index (κ3) is 5.33. The number of nitrogens with zero attached hydrogens (tertiary/aromatic N) is 1. The van der Waals surface area contributed by atoms with Crippen molar-refractivity contribution in [2.45, 2.75) is 33.7 Å². The van der Waals surface area contributed by atoms with Crippen LogP contribution in [0.25, 0.3) is 0 Å². The molecule has 0 saturated heterocycles. The van der Waals surface area contributed by atoms with Gasteiger partial charge in [-0.3, -0.25) is 0 Å². The number of aryl methyl sites for hydroxylation is 3. The van der Waals surface area contributed by atoms with Gasteiger partial charge in [0, 0.05) is 5.69 Å². The first-order valence-corrected chi connectivity index (χ1v) is 7.30. The third-order valence-electron chi connectivity index (χ3n) is 3.41. The highest BCUT2D eigenvalue weighted by Crippen LogP contribution is 2.14. The fourth-order valence-electron chi connectivity index (χ4n) is 2.46. The van der Waals surface area contributed by atoms with Gasteiger partial charge in [-0.15, -0.1) is 24.0 Å². The summed E-state index contributed by atoms with van der Waals surface area (Å²) in [7, 11) is 0. The van der Waals surface area contributed by atoms with E-state index in [4.69, 9.17) is 5.73 Å². The summed E-state index contributed by atoms with van der Waals surface area (Å²) in [5, 5.41) is 3.16. The van der Waals surface area contributed by atoms with Gasteiger partial charge < -0.3 is 11.1 Å². The second kappa shape index (κ2) is 8.78. The van der Waals surface area contributed by atoms with Gasteiger partial charge in [0.25, 0.3) is 0 Å². The number of guanidine groups is 1. The molecule has 0 aliphatic rings. The predicted molar refractivity (Wildman–Crippen MR) is 106 cm³/mol. The van der Waals surface area contributed by atoms with Crippen molar-refractivity contribution in [1.82, 2.24) is 0 Å². The fraction of sp³-hybridized carbons (Fsp3) is 0.278. The Morgan fingerprint density at radius 1 is 1.05 bits per heavy atom. The Labute approximate surface area is 150 Å². The molecule has 0 bridgehead atoms. The number of rotatable bonds is 4. The molecule has 3 nitrogen and oxygen atoms in total. The Kier molecular flexibility index (Phi) is 7.38. The summed E-state index contributed by atoms with van der Waals surface area (Å²) in [5.74, 6) is 0.450. The number of hydrogen-bond acceptors (Lipinski definition) is 1. The van der Waals surface area contributed by atoms with Gasteiger partial charge in [-0.05, 0) is 54.7 Å². The van der Waals surface area contributed by atoms with Crippen LogP contribution in [0.4, 0.5) is 5.69 Å². The maximum absolute atomic E-state index is 5.98. The zero-order valence-electron chi connectivity index (χ0n) is 13.4. The Morgan fingerprint density at radius 3 is 2.23 bits per heavy atom. The quantitative estimate of drug-likeness (QED) is 0.447. The monoisotopic (exact) mass is 409 g/mol. The smallest absolute Gasteiger partial charge is 0.193 e. The fourth-order valence-corrected chi connectivity index (χ4v) is 2.46. The number of hydrogen-bond donors (Lipinski definition) is 2. The lowest BCUT2D eigenvalue weighted by Crippen LogP contribution is -2.22. The highest BCUT2D eigenvalue weighted by atomic mass is 127. The SMILES string of the molecule is CCc1ccccc1CN=C(N)Nc1cc(C)cc(C)c1.I. The minimum absolute atomic E-state index is 0. The Morgan fingerprint density at radius 2 is 1.64 bits per heavy atom. The molecule has 0 aromatic heterocycles. The van der Waals surface area contributed by atoms with E-state index in [0.717, 1.165) is 12.1 Å². The summed E-state index contributed by atoms with van der Waals surface area (Å²) in [6, 6.07) is 14.6. The van der Waals surface area contributed by atoms with E-state index in [9.17, 15) is 0 Å². The van der Waals surface area contributed by atoms with E-state index in [1.165, 1.54) is 22.3 Å². The molecular formula is C18H24IN3. The lowest BCUT2D eigenvalue weighted by molar-refractivity contribution is 0.998. The lowest BCUT2D eigenvalue weighted by atomic mass is 10.1. The van der Waals surface area contributed by atoms with E-state index in [2.05, 4.69) is 67.5 Å². The topological polar surface area (TPSA) is 50.4 Å². The first-order chi connectivity index (χ1) is 10.1. The van der Waals surface area contributed by atoms with Crippen molar-refractivity contribution in [2.24, 2.45) is 10.7 Å². The first-order valence-electron chi connectivity index (χ1n) is 7.30. The molecule has 3 N–H and O–H groups in total. The summed E-state index contributed by atoms with van der Waals surface area (Å²) in [5.41, 5.74) is 11.9. The minimum Gasteiger partial charge on any atom is -0.370 e. The maximum atomic E-state index is 5.98. The van der Waals surface area contributed by atoms with Crippen molar-refractivity contribution in [1.29, 1.82) is 0 Å². The largest absolute Gasteiger partial charge is 0.370 e. The van der Waals surface area contributed by atoms with Crippen LogP contribution in [0.3, 0.4) is 0 Å². The molecule has 2 rings (SSSR count). The van der Waals surface area contributed by atoms with Gasteiger partial charge in [0.05, 0.1) is 6.54 Å².